The first-order valence-corrected chi connectivity index (χ1v) is 6.60. The predicted octanol–water partition coefficient (Wildman–Crippen LogP) is 3.15. The zero-order valence-electron chi connectivity index (χ0n) is 11.2. The number of halogens is 1. The Bertz CT molecular complexity index is 373. The van der Waals surface area contributed by atoms with Crippen molar-refractivity contribution in [3.63, 3.8) is 0 Å². The van der Waals surface area contributed by atoms with Crippen molar-refractivity contribution in [3.8, 4) is 0 Å². The average molecular weight is 301 g/mol. The maximum absolute atomic E-state index is 4.50. The molecule has 4 nitrogen and oxygen atoms in total. The molecule has 0 atom stereocenters. The van der Waals surface area contributed by atoms with Crippen LogP contribution in [0.15, 0.2) is 10.7 Å². The minimum Gasteiger partial charge on any atom is -0.358 e. The van der Waals surface area contributed by atoms with Crippen molar-refractivity contribution in [2.24, 2.45) is 5.41 Å². The van der Waals surface area contributed by atoms with E-state index in [9.17, 15) is 0 Å². The first-order chi connectivity index (χ1) is 7.83. The zero-order chi connectivity index (χ0) is 13.1. The van der Waals surface area contributed by atoms with Crippen molar-refractivity contribution in [2.75, 3.05) is 30.4 Å². The molecule has 0 radical (unpaired) electrons. The van der Waals surface area contributed by atoms with Gasteiger partial charge in [-0.1, -0.05) is 20.8 Å². The fourth-order valence-corrected chi connectivity index (χ4v) is 2.15. The second-order valence-corrected chi connectivity index (χ2v) is 6.17. The van der Waals surface area contributed by atoms with E-state index in [0.29, 0.717) is 5.95 Å². The van der Waals surface area contributed by atoms with E-state index in [-0.39, 0.29) is 5.41 Å². The summed E-state index contributed by atoms with van der Waals surface area (Å²) in [5, 5.41) is 3.12. The van der Waals surface area contributed by atoms with Gasteiger partial charge in [-0.2, -0.15) is 4.98 Å². The summed E-state index contributed by atoms with van der Waals surface area (Å²) in [4.78, 5) is 10.9. The van der Waals surface area contributed by atoms with E-state index >= 15 is 0 Å². The van der Waals surface area contributed by atoms with E-state index < -0.39 is 0 Å². The summed E-state index contributed by atoms with van der Waals surface area (Å²) in [5.41, 5.74) is 0.234. The molecule has 0 spiro atoms. The van der Waals surface area contributed by atoms with Gasteiger partial charge in [0.15, 0.2) is 0 Å². The van der Waals surface area contributed by atoms with Crippen molar-refractivity contribution < 1.29 is 0 Å². The number of hydrogen-bond acceptors (Lipinski definition) is 4. The smallest absolute Gasteiger partial charge is 0.224 e. The molecule has 1 N–H and O–H groups in total. The molecule has 0 aliphatic rings. The molecule has 0 saturated carbocycles. The summed E-state index contributed by atoms with van der Waals surface area (Å²) < 4.78 is 0.922. The number of rotatable bonds is 4. The molecule has 0 amide bonds. The van der Waals surface area contributed by atoms with Gasteiger partial charge in [0.1, 0.15) is 5.82 Å². The molecule has 0 saturated heterocycles. The fraction of sp³-hybridized carbons (Fsp3) is 0.667. The molecule has 5 heteroatoms. The van der Waals surface area contributed by atoms with Crippen LogP contribution in [-0.2, 0) is 0 Å². The van der Waals surface area contributed by atoms with E-state index in [2.05, 4.69) is 56.9 Å². The van der Waals surface area contributed by atoms with Crippen molar-refractivity contribution >= 4 is 27.7 Å². The van der Waals surface area contributed by atoms with Gasteiger partial charge in [-0.25, -0.2) is 4.98 Å². The molecular weight excluding hydrogens is 280 g/mol. The Morgan fingerprint density at radius 3 is 2.59 bits per heavy atom. The lowest BCUT2D eigenvalue weighted by atomic mass is 9.96. The van der Waals surface area contributed by atoms with Crippen LogP contribution in [0, 0.1) is 5.41 Å². The Hall–Kier alpha value is -0.840. The van der Waals surface area contributed by atoms with Gasteiger partial charge in [0.2, 0.25) is 5.95 Å². The van der Waals surface area contributed by atoms with E-state index in [0.717, 1.165) is 23.4 Å². The molecule has 1 aromatic heterocycles. The van der Waals surface area contributed by atoms with E-state index in [4.69, 9.17) is 0 Å². The lowest BCUT2D eigenvalue weighted by Crippen LogP contribution is -2.30. The molecule has 1 aromatic rings. The van der Waals surface area contributed by atoms with Gasteiger partial charge in [0.05, 0.1) is 4.47 Å². The Morgan fingerprint density at radius 2 is 2.06 bits per heavy atom. The first kappa shape index (κ1) is 14.2. The van der Waals surface area contributed by atoms with Crippen LogP contribution in [-0.4, -0.2) is 30.1 Å². The minimum atomic E-state index is 0.234. The molecule has 0 bridgehead atoms. The lowest BCUT2D eigenvalue weighted by molar-refractivity contribution is 0.417. The number of nitrogens with one attached hydrogen (secondary N) is 1. The molecule has 1 heterocycles. The fourth-order valence-electron chi connectivity index (χ4n) is 1.66. The van der Waals surface area contributed by atoms with Gasteiger partial charge in [0, 0.05) is 26.3 Å². The van der Waals surface area contributed by atoms with Crippen LogP contribution in [0.4, 0.5) is 11.8 Å². The van der Waals surface area contributed by atoms with Crippen LogP contribution >= 0.6 is 15.9 Å². The van der Waals surface area contributed by atoms with Crippen molar-refractivity contribution in [1.29, 1.82) is 0 Å². The summed E-state index contributed by atoms with van der Waals surface area (Å²) in [6.45, 7) is 10.4. The summed E-state index contributed by atoms with van der Waals surface area (Å²) >= 11 is 3.50. The van der Waals surface area contributed by atoms with Gasteiger partial charge in [0.25, 0.3) is 0 Å². The first-order valence-electron chi connectivity index (χ1n) is 5.81. The van der Waals surface area contributed by atoms with Crippen molar-refractivity contribution in [2.45, 2.75) is 27.7 Å². The number of nitrogens with zero attached hydrogens (tertiary/aromatic N) is 3. The number of hydrogen-bond donors (Lipinski definition) is 1. The predicted molar refractivity (Wildman–Crippen MR) is 76.6 cm³/mol. The van der Waals surface area contributed by atoms with Crippen LogP contribution in [0.3, 0.4) is 0 Å². The highest BCUT2D eigenvalue weighted by molar-refractivity contribution is 9.10. The largest absolute Gasteiger partial charge is 0.358 e. The molecule has 1 rings (SSSR count). The van der Waals surface area contributed by atoms with Gasteiger partial charge >= 0.3 is 0 Å². The molecular formula is C12H21BrN4. The van der Waals surface area contributed by atoms with Crippen molar-refractivity contribution in [1.82, 2.24) is 9.97 Å². The SMILES string of the molecule is CCNc1ncc(Br)c(N(C)CC(C)(C)C)n1. The average Bonchev–Trinajstić information content (AvgIpc) is 2.18. The third kappa shape index (κ3) is 4.50. The summed E-state index contributed by atoms with van der Waals surface area (Å²) in [6.07, 6.45) is 1.79. The zero-order valence-corrected chi connectivity index (χ0v) is 12.8. The molecule has 0 aliphatic heterocycles. The van der Waals surface area contributed by atoms with E-state index in [1.807, 2.05) is 14.0 Å². The van der Waals surface area contributed by atoms with Crippen LogP contribution in [0.1, 0.15) is 27.7 Å². The summed E-state index contributed by atoms with van der Waals surface area (Å²) in [6, 6.07) is 0. The Morgan fingerprint density at radius 1 is 1.41 bits per heavy atom. The molecule has 0 unspecified atom stereocenters. The molecule has 96 valence electrons. The van der Waals surface area contributed by atoms with Crippen LogP contribution in [0.5, 0.6) is 0 Å². The second-order valence-electron chi connectivity index (χ2n) is 5.31. The lowest BCUT2D eigenvalue weighted by Gasteiger charge is -2.28. The summed E-state index contributed by atoms with van der Waals surface area (Å²) in [7, 11) is 2.05. The van der Waals surface area contributed by atoms with Crippen LogP contribution in [0.25, 0.3) is 0 Å². The van der Waals surface area contributed by atoms with Crippen LogP contribution < -0.4 is 10.2 Å². The third-order valence-corrected chi connectivity index (χ3v) is 2.69. The monoisotopic (exact) mass is 300 g/mol. The van der Waals surface area contributed by atoms with E-state index in [1.54, 1.807) is 6.20 Å². The molecule has 0 fully saturated rings. The third-order valence-electron chi connectivity index (χ3n) is 2.13. The molecule has 0 aliphatic carbocycles. The van der Waals surface area contributed by atoms with Gasteiger partial charge in [-0.15, -0.1) is 0 Å². The quantitative estimate of drug-likeness (QED) is 0.927. The van der Waals surface area contributed by atoms with Crippen molar-refractivity contribution in [3.05, 3.63) is 10.7 Å². The van der Waals surface area contributed by atoms with Crippen LogP contribution in [0.2, 0.25) is 0 Å². The highest BCUT2D eigenvalue weighted by atomic mass is 79.9. The standard InChI is InChI=1S/C12H21BrN4/c1-6-14-11-15-7-9(13)10(16-11)17(5)8-12(2,3)4/h7H,6,8H2,1-5H3,(H,14,15,16). The topological polar surface area (TPSA) is 41.1 Å². The molecule has 0 aromatic carbocycles. The Balaban J connectivity index is 2.91. The molecule has 17 heavy (non-hydrogen) atoms. The summed E-state index contributed by atoms with van der Waals surface area (Å²) in [5.74, 6) is 1.59. The Kier molecular flexibility index (Phi) is 4.74. The second kappa shape index (κ2) is 5.67. The number of anilines is 2. The van der Waals surface area contributed by atoms with Gasteiger partial charge in [-0.3, -0.25) is 0 Å². The number of aromatic nitrogens is 2. The van der Waals surface area contributed by atoms with E-state index in [1.165, 1.54) is 0 Å². The van der Waals surface area contributed by atoms with Gasteiger partial charge < -0.3 is 10.2 Å². The Labute approximate surface area is 112 Å². The maximum atomic E-state index is 4.50. The highest BCUT2D eigenvalue weighted by Gasteiger charge is 2.17. The highest BCUT2D eigenvalue weighted by Crippen LogP contribution is 2.26. The normalized spacial score (nSPS) is 11.4. The minimum absolute atomic E-state index is 0.234. The van der Waals surface area contributed by atoms with Gasteiger partial charge in [-0.05, 0) is 28.3 Å². The maximum Gasteiger partial charge on any atom is 0.224 e.